The van der Waals surface area contributed by atoms with E-state index in [1.54, 1.807) is 13.0 Å². The first-order valence-electron chi connectivity index (χ1n) is 6.06. The maximum atomic E-state index is 11.0. The van der Waals surface area contributed by atoms with Crippen molar-refractivity contribution in [1.29, 1.82) is 0 Å². The van der Waals surface area contributed by atoms with Crippen molar-refractivity contribution in [2.24, 2.45) is 0 Å². The number of benzene rings is 1. The number of allylic oxidation sites excluding steroid dienone is 1. The summed E-state index contributed by atoms with van der Waals surface area (Å²) in [6.45, 7) is 2.10. The quantitative estimate of drug-likeness (QED) is 0.430. The highest BCUT2D eigenvalue weighted by molar-refractivity contribution is 5.72. The zero-order valence-corrected chi connectivity index (χ0v) is 11.2. The Morgan fingerprint density at radius 3 is 2.53 bits per heavy atom. The van der Waals surface area contributed by atoms with Gasteiger partial charge in [-0.3, -0.25) is 9.59 Å². The van der Waals surface area contributed by atoms with E-state index in [4.69, 9.17) is 4.74 Å². The molecule has 0 atom stereocenters. The van der Waals surface area contributed by atoms with Gasteiger partial charge in [0.25, 0.3) is 0 Å². The lowest BCUT2D eigenvalue weighted by Gasteiger charge is -2.05. The van der Waals surface area contributed by atoms with Crippen LogP contribution in [0.3, 0.4) is 0 Å². The monoisotopic (exact) mass is 262 g/mol. The maximum Gasteiger partial charge on any atom is 0.305 e. The summed E-state index contributed by atoms with van der Waals surface area (Å²) in [7, 11) is 1.38. The van der Waals surface area contributed by atoms with Gasteiger partial charge in [0.1, 0.15) is 18.6 Å². The number of hydrogen-bond acceptors (Lipinski definition) is 4. The zero-order chi connectivity index (χ0) is 14.1. The normalized spacial score (nSPS) is 10.9. The van der Waals surface area contributed by atoms with E-state index in [2.05, 4.69) is 4.74 Å². The number of hydrogen-bond donors (Lipinski definition) is 0. The summed E-state index contributed by atoms with van der Waals surface area (Å²) >= 11 is 0. The summed E-state index contributed by atoms with van der Waals surface area (Å²) in [5.41, 5.74) is 1.70. The molecule has 0 bridgehead atoms. The number of methoxy groups -OCH3 is 1. The highest BCUT2D eigenvalue weighted by Crippen LogP contribution is 2.13. The molecule has 19 heavy (non-hydrogen) atoms. The van der Waals surface area contributed by atoms with Crippen LogP contribution in [-0.4, -0.2) is 26.0 Å². The summed E-state index contributed by atoms with van der Waals surface area (Å²) in [6.07, 6.45) is 3.53. The first-order chi connectivity index (χ1) is 9.15. The Balaban J connectivity index is 2.43. The van der Waals surface area contributed by atoms with E-state index in [0.717, 1.165) is 17.6 Å². The fourth-order valence-corrected chi connectivity index (χ4v) is 1.42. The molecule has 0 saturated carbocycles. The van der Waals surface area contributed by atoms with E-state index in [-0.39, 0.29) is 5.97 Å². The molecular formula is C15H18O4. The molecule has 0 N–H and O–H groups in total. The van der Waals surface area contributed by atoms with Crippen LogP contribution in [0.15, 0.2) is 35.9 Å². The van der Waals surface area contributed by atoms with E-state index in [1.165, 1.54) is 7.11 Å². The molecule has 0 saturated heterocycles. The molecule has 0 amide bonds. The van der Waals surface area contributed by atoms with Gasteiger partial charge in [-0.1, -0.05) is 12.1 Å². The molecule has 0 spiro atoms. The topological polar surface area (TPSA) is 52.6 Å². The number of aldehydes is 1. The van der Waals surface area contributed by atoms with E-state index < -0.39 is 0 Å². The maximum absolute atomic E-state index is 11.0. The predicted molar refractivity (Wildman–Crippen MR) is 72.1 cm³/mol. The average Bonchev–Trinajstić information content (AvgIpc) is 2.45. The van der Waals surface area contributed by atoms with Gasteiger partial charge in [0.2, 0.25) is 0 Å². The third-order valence-electron chi connectivity index (χ3n) is 2.61. The Morgan fingerprint density at radius 2 is 1.95 bits per heavy atom. The molecule has 4 heteroatoms. The molecule has 0 aliphatic heterocycles. The van der Waals surface area contributed by atoms with Crippen molar-refractivity contribution in [1.82, 2.24) is 0 Å². The summed E-state index contributed by atoms with van der Waals surface area (Å²) in [5.74, 6) is 0.520. The molecular weight excluding hydrogens is 244 g/mol. The van der Waals surface area contributed by atoms with Crippen molar-refractivity contribution in [3.05, 3.63) is 41.5 Å². The summed E-state index contributed by atoms with van der Waals surface area (Å²) < 4.78 is 10.0. The minimum atomic E-state index is -0.213. The largest absolute Gasteiger partial charge is 0.490 e. The Labute approximate surface area is 113 Å². The van der Waals surface area contributed by atoms with Crippen LogP contribution in [0.5, 0.6) is 5.75 Å². The van der Waals surface area contributed by atoms with Gasteiger partial charge in [0.15, 0.2) is 0 Å². The molecule has 0 aromatic heterocycles. The van der Waals surface area contributed by atoms with Gasteiger partial charge in [0.05, 0.1) is 7.11 Å². The first-order valence-corrected chi connectivity index (χ1v) is 6.06. The molecule has 0 aliphatic carbocycles. The Kier molecular flexibility index (Phi) is 6.36. The number of rotatable bonds is 7. The van der Waals surface area contributed by atoms with Crippen molar-refractivity contribution in [3.63, 3.8) is 0 Å². The van der Waals surface area contributed by atoms with Crippen LogP contribution in [0.4, 0.5) is 0 Å². The molecule has 1 aromatic rings. The Hall–Kier alpha value is -2.10. The van der Waals surface area contributed by atoms with Gasteiger partial charge in [-0.05, 0) is 42.7 Å². The van der Waals surface area contributed by atoms with Crippen molar-refractivity contribution >= 4 is 12.3 Å². The van der Waals surface area contributed by atoms with Crippen LogP contribution in [0.1, 0.15) is 18.9 Å². The summed E-state index contributed by atoms with van der Waals surface area (Å²) in [5, 5.41) is 0. The lowest BCUT2D eigenvalue weighted by molar-refractivity contribution is -0.140. The minimum absolute atomic E-state index is 0.213. The Bertz CT molecular complexity index is 446. The van der Waals surface area contributed by atoms with E-state index in [9.17, 15) is 9.59 Å². The van der Waals surface area contributed by atoms with Crippen molar-refractivity contribution < 1.29 is 19.1 Å². The second kappa shape index (κ2) is 8.08. The third-order valence-corrected chi connectivity index (χ3v) is 2.61. The third kappa shape index (κ3) is 5.86. The van der Waals surface area contributed by atoms with Crippen LogP contribution < -0.4 is 4.74 Å². The number of ether oxygens (including phenoxy) is 2. The van der Waals surface area contributed by atoms with E-state index in [0.29, 0.717) is 25.0 Å². The first kappa shape index (κ1) is 15.0. The van der Waals surface area contributed by atoms with Crippen molar-refractivity contribution in [3.8, 4) is 5.75 Å². The molecule has 4 nitrogen and oxygen atoms in total. The van der Waals surface area contributed by atoms with Crippen LogP contribution in [0.2, 0.25) is 0 Å². The van der Waals surface area contributed by atoms with Gasteiger partial charge in [-0.25, -0.2) is 0 Å². The van der Waals surface area contributed by atoms with Gasteiger partial charge in [0, 0.05) is 6.42 Å². The summed E-state index contributed by atoms with van der Waals surface area (Å²) in [4.78, 5) is 21.4. The van der Waals surface area contributed by atoms with Gasteiger partial charge in [-0.2, -0.15) is 0 Å². The SMILES string of the molecule is COC(=O)CCc1ccc(OC/C=C(\C)C=O)cc1. The van der Waals surface area contributed by atoms with Crippen molar-refractivity contribution in [2.45, 2.75) is 19.8 Å². The zero-order valence-electron chi connectivity index (χ0n) is 11.2. The highest BCUT2D eigenvalue weighted by atomic mass is 16.5. The van der Waals surface area contributed by atoms with Crippen LogP contribution in [-0.2, 0) is 20.7 Å². The number of carbonyl (C=O) groups excluding carboxylic acids is 2. The van der Waals surface area contributed by atoms with Crippen molar-refractivity contribution in [2.75, 3.05) is 13.7 Å². The minimum Gasteiger partial charge on any atom is -0.490 e. The van der Waals surface area contributed by atoms with Crippen LogP contribution in [0.25, 0.3) is 0 Å². The van der Waals surface area contributed by atoms with Crippen LogP contribution in [0, 0.1) is 0 Å². The lowest BCUT2D eigenvalue weighted by Crippen LogP contribution is -2.02. The number of esters is 1. The molecule has 102 valence electrons. The molecule has 0 unspecified atom stereocenters. The summed E-state index contributed by atoms with van der Waals surface area (Å²) in [6, 6.07) is 7.51. The predicted octanol–water partition coefficient (Wildman–Crippen LogP) is 2.32. The smallest absolute Gasteiger partial charge is 0.305 e. The second-order valence-electron chi connectivity index (χ2n) is 4.10. The molecule has 0 aliphatic rings. The molecule has 0 radical (unpaired) electrons. The van der Waals surface area contributed by atoms with Gasteiger partial charge >= 0.3 is 5.97 Å². The van der Waals surface area contributed by atoms with Gasteiger partial charge < -0.3 is 9.47 Å². The standard InChI is InChI=1S/C15H18O4/c1-12(11-16)9-10-19-14-6-3-13(4-7-14)5-8-15(17)18-2/h3-4,6-7,9,11H,5,8,10H2,1-2H3/b12-9+. The number of aryl methyl sites for hydroxylation is 1. The van der Waals surface area contributed by atoms with E-state index >= 15 is 0 Å². The number of carbonyl (C=O) groups is 2. The molecule has 0 heterocycles. The second-order valence-corrected chi connectivity index (χ2v) is 4.10. The highest BCUT2D eigenvalue weighted by Gasteiger charge is 2.01. The van der Waals surface area contributed by atoms with E-state index in [1.807, 2.05) is 24.3 Å². The fourth-order valence-electron chi connectivity index (χ4n) is 1.42. The average molecular weight is 262 g/mol. The fraction of sp³-hybridized carbons (Fsp3) is 0.333. The van der Waals surface area contributed by atoms with Crippen LogP contribution >= 0.6 is 0 Å². The molecule has 0 fully saturated rings. The lowest BCUT2D eigenvalue weighted by atomic mass is 10.1. The van der Waals surface area contributed by atoms with Gasteiger partial charge in [-0.15, -0.1) is 0 Å². The molecule has 1 rings (SSSR count). The molecule has 1 aromatic carbocycles. The Morgan fingerprint density at radius 1 is 1.26 bits per heavy atom.